The number of amides is 1. The maximum Gasteiger partial charge on any atom is 0.231 e. The number of hydrogen-bond donors (Lipinski definition) is 3. The second kappa shape index (κ2) is 3.15. The van der Waals surface area contributed by atoms with Crippen molar-refractivity contribution in [3.05, 3.63) is 18.2 Å². The molecule has 2 rings (SSSR count). The Morgan fingerprint density at radius 1 is 1.33 bits per heavy atom. The third-order valence-corrected chi connectivity index (χ3v) is 2.63. The van der Waals surface area contributed by atoms with Crippen LogP contribution >= 0.6 is 0 Å². The van der Waals surface area contributed by atoms with Crippen molar-refractivity contribution < 1.29 is 4.79 Å². The van der Waals surface area contributed by atoms with Gasteiger partial charge in [0.2, 0.25) is 5.91 Å². The largest absolute Gasteiger partial charge is 0.399 e. The van der Waals surface area contributed by atoms with E-state index >= 15 is 0 Å². The highest BCUT2D eigenvalue weighted by Gasteiger charge is 2.30. The second-order valence-corrected chi connectivity index (χ2v) is 4.50. The van der Waals surface area contributed by atoms with E-state index in [-0.39, 0.29) is 5.91 Å². The first-order valence-corrected chi connectivity index (χ1v) is 4.94. The van der Waals surface area contributed by atoms with Gasteiger partial charge in [0.15, 0.2) is 0 Å². The molecule has 0 fully saturated rings. The molecule has 4 nitrogen and oxygen atoms in total. The Kier molecular flexibility index (Phi) is 2.07. The lowest BCUT2D eigenvalue weighted by molar-refractivity contribution is -0.123. The molecule has 0 aromatic heterocycles. The molecule has 0 radical (unpaired) electrons. The van der Waals surface area contributed by atoms with Crippen LogP contribution in [0.4, 0.5) is 17.1 Å². The first-order valence-electron chi connectivity index (χ1n) is 4.94. The Balaban J connectivity index is 2.40. The smallest absolute Gasteiger partial charge is 0.231 e. The summed E-state index contributed by atoms with van der Waals surface area (Å²) in [6, 6.07) is 5.42. The van der Waals surface area contributed by atoms with Gasteiger partial charge in [0.05, 0.1) is 16.8 Å². The number of nitrogens with one attached hydrogen (secondary N) is 2. The first kappa shape index (κ1) is 9.83. The van der Waals surface area contributed by atoms with Crippen LogP contribution in [0.25, 0.3) is 0 Å². The molecule has 0 unspecified atom stereocenters. The Morgan fingerprint density at radius 2 is 2.07 bits per heavy atom. The van der Waals surface area contributed by atoms with E-state index in [2.05, 4.69) is 10.6 Å². The van der Waals surface area contributed by atoms with Gasteiger partial charge in [-0.15, -0.1) is 0 Å². The molecule has 0 bridgehead atoms. The number of carbonyl (C=O) groups excluding carboxylic acids is 1. The topological polar surface area (TPSA) is 67.2 Å². The average Bonchev–Trinajstić information content (AvgIpc) is 2.27. The zero-order valence-electron chi connectivity index (χ0n) is 8.92. The molecule has 0 saturated carbocycles. The minimum absolute atomic E-state index is 0.0264. The van der Waals surface area contributed by atoms with Crippen molar-refractivity contribution in [2.45, 2.75) is 13.8 Å². The highest BCUT2D eigenvalue weighted by molar-refractivity contribution is 5.99. The second-order valence-electron chi connectivity index (χ2n) is 4.50. The molecule has 1 aliphatic rings. The highest BCUT2D eigenvalue weighted by atomic mass is 16.2. The minimum atomic E-state index is -0.409. The molecule has 1 heterocycles. The molecule has 4 N–H and O–H groups in total. The third-order valence-electron chi connectivity index (χ3n) is 2.63. The van der Waals surface area contributed by atoms with E-state index in [0.29, 0.717) is 12.2 Å². The van der Waals surface area contributed by atoms with Gasteiger partial charge in [-0.3, -0.25) is 4.79 Å². The number of fused-ring (bicyclic) bond motifs is 1. The fourth-order valence-electron chi connectivity index (χ4n) is 1.51. The monoisotopic (exact) mass is 205 g/mol. The van der Waals surface area contributed by atoms with E-state index < -0.39 is 5.41 Å². The normalized spacial score (nSPS) is 18.4. The summed E-state index contributed by atoms with van der Waals surface area (Å²) in [7, 11) is 0. The Morgan fingerprint density at radius 3 is 2.80 bits per heavy atom. The highest BCUT2D eigenvalue weighted by Crippen LogP contribution is 2.31. The molecule has 0 saturated heterocycles. The number of nitrogens with two attached hydrogens (primary N) is 1. The van der Waals surface area contributed by atoms with Gasteiger partial charge in [-0.1, -0.05) is 0 Å². The van der Waals surface area contributed by atoms with Crippen LogP contribution in [0.2, 0.25) is 0 Å². The van der Waals surface area contributed by atoms with Crippen LogP contribution in [0, 0.1) is 5.41 Å². The van der Waals surface area contributed by atoms with Crippen molar-refractivity contribution in [3.63, 3.8) is 0 Å². The van der Waals surface area contributed by atoms with Crippen molar-refractivity contribution in [1.82, 2.24) is 0 Å². The van der Waals surface area contributed by atoms with Crippen LogP contribution in [0.15, 0.2) is 18.2 Å². The Labute approximate surface area is 88.9 Å². The predicted octanol–water partition coefficient (Wildman–Crippen LogP) is 1.66. The molecule has 0 spiro atoms. The molecular weight excluding hydrogens is 190 g/mol. The number of anilines is 3. The van der Waals surface area contributed by atoms with Gasteiger partial charge in [-0.05, 0) is 32.0 Å². The lowest BCUT2D eigenvalue weighted by atomic mass is 9.93. The molecular formula is C11H15N3O. The zero-order chi connectivity index (χ0) is 11.1. The van der Waals surface area contributed by atoms with Gasteiger partial charge in [-0.2, -0.15) is 0 Å². The first-order chi connectivity index (χ1) is 6.99. The number of nitrogen functional groups attached to an aromatic ring is 1. The number of rotatable bonds is 0. The summed E-state index contributed by atoms with van der Waals surface area (Å²) >= 11 is 0. The summed E-state index contributed by atoms with van der Waals surface area (Å²) in [5.74, 6) is 0.0264. The van der Waals surface area contributed by atoms with Crippen LogP contribution < -0.4 is 16.4 Å². The van der Waals surface area contributed by atoms with E-state index in [1.807, 2.05) is 26.0 Å². The van der Waals surface area contributed by atoms with Gasteiger partial charge in [0.1, 0.15) is 0 Å². The molecule has 15 heavy (non-hydrogen) atoms. The fraction of sp³-hybridized carbons (Fsp3) is 0.364. The zero-order valence-corrected chi connectivity index (χ0v) is 8.92. The summed E-state index contributed by atoms with van der Waals surface area (Å²) in [6.07, 6.45) is 0. The molecule has 1 aliphatic heterocycles. The van der Waals surface area contributed by atoms with Crippen LogP contribution in [0.5, 0.6) is 0 Å². The van der Waals surface area contributed by atoms with E-state index in [1.165, 1.54) is 0 Å². The maximum atomic E-state index is 11.8. The Hall–Kier alpha value is -1.71. The number of carbonyl (C=O) groups is 1. The lowest BCUT2D eigenvalue weighted by Gasteiger charge is -2.19. The molecule has 0 atom stereocenters. The van der Waals surface area contributed by atoms with Gasteiger partial charge in [0, 0.05) is 12.2 Å². The SMILES string of the molecule is CC1(C)CNc2cc(N)ccc2NC1=O. The summed E-state index contributed by atoms with van der Waals surface area (Å²) in [6.45, 7) is 4.42. The van der Waals surface area contributed by atoms with Crippen LogP contribution in [0.1, 0.15) is 13.8 Å². The minimum Gasteiger partial charge on any atom is -0.399 e. The van der Waals surface area contributed by atoms with Crippen molar-refractivity contribution in [2.24, 2.45) is 5.41 Å². The average molecular weight is 205 g/mol. The van der Waals surface area contributed by atoms with Gasteiger partial charge in [-0.25, -0.2) is 0 Å². The summed E-state index contributed by atoms with van der Waals surface area (Å²) < 4.78 is 0. The summed E-state index contributed by atoms with van der Waals surface area (Å²) in [5, 5.41) is 6.11. The van der Waals surface area contributed by atoms with Gasteiger partial charge < -0.3 is 16.4 Å². The molecule has 80 valence electrons. The van der Waals surface area contributed by atoms with Crippen molar-refractivity contribution >= 4 is 23.0 Å². The summed E-state index contributed by atoms with van der Waals surface area (Å²) in [5.41, 5.74) is 7.64. The quantitative estimate of drug-likeness (QED) is 0.564. The van der Waals surface area contributed by atoms with E-state index in [1.54, 1.807) is 6.07 Å². The molecule has 4 heteroatoms. The maximum absolute atomic E-state index is 11.8. The van der Waals surface area contributed by atoms with E-state index in [4.69, 9.17) is 5.73 Å². The molecule has 1 amide bonds. The van der Waals surface area contributed by atoms with E-state index in [9.17, 15) is 4.79 Å². The molecule has 0 aliphatic carbocycles. The summed E-state index contributed by atoms with van der Waals surface area (Å²) in [4.78, 5) is 11.8. The predicted molar refractivity (Wildman–Crippen MR) is 61.8 cm³/mol. The molecule has 1 aromatic rings. The Bertz CT molecular complexity index is 412. The van der Waals surface area contributed by atoms with E-state index in [0.717, 1.165) is 11.4 Å². The molecule has 1 aromatic carbocycles. The lowest BCUT2D eigenvalue weighted by Crippen LogP contribution is -2.34. The van der Waals surface area contributed by atoms with Crippen LogP contribution in [0.3, 0.4) is 0 Å². The van der Waals surface area contributed by atoms with Crippen molar-refractivity contribution in [3.8, 4) is 0 Å². The number of hydrogen-bond acceptors (Lipinski definition) is 3. The van der Waals surface area contributed by atoms with Gasteiger partial charge >= 0.3 is 0 Å². The third kappa shape index (κ3) is 1.75. The fourth-order valence-corrected chi connectivity index (χ4v) is 1.51. The van der Waals surface area contributed by atoms with Crippen LogP contribution in [-0.2, 0) is 4.79 Å². The van der Waals surface area contributed by atoms with Crippen LogP contribution in [-0.4, -0.2) is 12.5 Å². The van der Waals surface area contributed by atoms with Gasteiger partial charge in [0.25, 0.3) is 0 Å². The number of benzene rings is 1. The van der Waals surface area contributed by atoms with Crippen molar-refractivity contribution in [1.29, 1.82) is 0 Å². The van der Waals surface area contributed by atoms with Crippen molar-refractivity contribution in [2.75, 3.05) is 22.9 Å². The standard InChI is InChI=1S/C11H15N3O/c1-11(2)6-13-9-5-7(12)3-4-8(9)14-10(11)15/h3-5,13H,6,12H2,1-2H3,(H,14,15).